The van der Waals surface area contributed by atoms with Crippen molar-refractivity contribution in [2.45, 2.75) is 26.2 Å². The average Bonchev–Trinajstić information content (AvgIpc) is 2.34. The van der Waals surface area contributed by atoms with Gasteiger partial charge in [-0.05, 0) is 49.4 Å². The van der Waals surface area contributed by atoms with Crippen molar-refractivity contribution < 1.29 is 12.8 Å². The van der Waals surface area contributed by atoms with E-state index in [1.54, 1.807) is 6.07 Å². The maximum atomic E-state index is 13.1. The Hall–Kier alpha value is -0.940. The van der Waals surface area contributed by atoms with Crippen LogP contribution in [-0.2, 0) is 16.3 Å². The summed E-state index contributed by atoms with van der Waals surface area (Å²) in [6.07, 6.45) is 1.80. The van der Waals surface area contributed by atoms with E-state index in [1.165, 1.54) is 12.1 Å². The number of sulfone groups is 1. The molecule has 1 unspecified atom stereocenters. The lowest BCUT2D eigenvalue weighted by atomic mass is 9.97. The SMILES string of the molecule is CCCS(=O)(=O)CCC(CN)Cc1cccc(F)c1. The zero-order valence-electron chi connectivity index (χ0n) is 11.3. The lowest BCUT2D eigenvalue weighted by Gasteiger charge is -2.14. The average molecular weight is 287 g/mol. The van der Waals surface area contributed by atoms with Gasteiger partial charge in [0.25, 0.3) is 0 Å². The van der Waals surface area contributed by atoms with Crippen LogP contribution in [0.25, 0.3) is 0 Å². The van der Waals surface area contributed by atoms with Gasteiger partial charge in [0, 0.05) is 5.75 Å². The van der Waals surface area contributed by atoms with Crippen LogP contribution in [0.5, 0.6) is 0 Å². The van der Waals surface area contributed by atoms with Crippen molar-refractivity contribution in [3.63, 3.8) is 0 Å². The molecule has 0 aliphatic heterocycles. The summed E-state index contributed by atoms with van der Waals surface area (Å²) in [5.74, 6) is 0.197. The summed E-state index contributed by atoms with van der Waals surface area (Å²) in [6, 6.07) is 6.37. The van der Waals surface area contributed by atoms with Gasteiger partial charge in [0.2, 0.25) is 0 Å². The fraction of sp³-hybridized carbons (Fsp3) is 0.571. The minimum atomic E-state index is -2.97. The molecule has 0 aliphatic carbocycles. The Morgan fingerprint density at radius 1 is 1.32 bits per heavy atom. The first-order valence-electron chi connectivity index (χ1n) is 6.61. The van der Waals surface area contributed by atoms with E-state index in [0.717, 1.165) is 5.56 Å². The highest BCUT2D eigenvalue weighted by molar-refractivity contribution is 7.91. The molecule has 0 spiro atoms. The molecule has 0 amide bonds. The van der Waals surface area contributed by atoms with Crippen LogP contribution in [0, 0.1) is 11.7 Å². The maximum absolute atomic E-state index is 13.1. The molecule has 108 valence electrons. The molecule has 1 aromatic rings. The van der Waals surface area contributed by atoms with Crippen LogP contribution in [0.3, 0.4) is 0 Å². The Bertz CT molecular complexity index is 488. The molecule has 1 rings (SSSR count). The molecule has 0 aromatic heterocycles. The van der Waals surface area contributed by atoms with Crippen molar-refractivity contribution in [1.29, 1.82) is 0 Å². The van der Waals surface area contributed by atoms with E-state index in [-0.39, 0.29) is 23.2 Å². The molecule has 0 radical (unpaired) electrons. The van der Waals surface area contributed by atoms with Crippen molar-refractivity contribution in [2.24, 2.45) is 11.7 Å². The second-order valence-corrected chi connectivity index (χ2v) is 7.18. The lowest BCUT2D eigenvalue weighted by molar-refractivity contribution is 0.509. The minimum Gasteiger partial charge on any atom is -0.330 e. The fourth-order valence-corrected chi connectivity index (χ4v) is 3.58. The quantitative estimate of drug-likeness (QED) is 0.797. The molecule has 19 heavy (non-hydrogen) atoms. The molecule has 1 atom stereocenters. The van der Waals surface area contributed by atoms with Crippen molar-refractivity contribution >= 4 is 9.84 Å². The Labute approximate surface area is 114 Å². The van der Waals surface area contributed by atoms with Crippen LogP contribution < -0.4 is 5.73 Å². The normalized spacial score (nSPS) is 13.4. The highest BCUT2D eigenvalue weighted by atomic mass is 32.2. The molecular weight excluding hydrogens is 265 g/mol. The van der Waals surface area contributed by atoms with Gasteiger partial charge in [0.1, 0.15) is 15.7 Å². The smallest absolute Gasteiger partial charge is 0.150 e. The zero-order valence-corrected chi connectivity index (χ0v) is 12.1. The van der Waals surface area contributed by atoms with E-state index in [1.807, 2.05) is 13.0 Å². The van der Waals surface area contributed by atoms with E-state index >= 15 is 0 Å². The van der Waals surface area contributed by atoms with Gasteiger partial charge in [-0.1, -0.05) is 19.1 Å². The number of halogens is 1. The molecular formula is C14H22FNO2S. The van der Waals surface area contributed by atoms with Gasteiger partial charge < -0.3 is 5.73 Å². The molecule has 0 saturated heterocycles. The number of hydrogen-bond donors (Lipinski definition) is 1. The summed E-state index contributed by atoms with van der Waals surface area (Å²) in [6.45, 7) is 2.27. The summed E-state index contributed by atoms with van der Waals surface area (Å²) in [4.78, 5) is 0. The van der Waals surface area contributed by atoms with Crippen molar-refractivity contribution in [3.05, 3.63) is 35.6 Å². The Morgan fingerprint density at radius 3 is 2.63 bits per heavy atom. The summed E-state index contributed by atoms with van der Waals surface area (Å²) in [7, 11) is -2.97. The summed E-state index contributed by atoms with van der Waals surface area (Å²) in [5, 5.41) is 0. The Kier molecular flexibility index (Phi) is 6.45. The summed E-state index contributed by atoms with van der Waals surface area (Å²) < 4.78 is 36.4. The second kappa shape index (κ2) is 7.60. The maximum Gasteiger partial charge on any atom is 0.150 e. The van der Waals surface area contributed by atoms with Gasteiger partial charge >= 0.3 is 0 Å². The second-order valence-electron chi connectivity index (χ2n) is 4.88. The van der Waals surface area contributed by atoms with Crippen molar-refractivity contribution in [3.8, 4) is 0 Å². The third-order valence-corrected chi connectivity index (χ3v) is 4.99. The van der Waals surface area contributed by atoms with Crippen LogP contribution >= 0.6 is 0 Å². The number of rotatable bonds is 8. The molecule has 3 nitrogen and oxygen atoms in total. The van der Waals surface area contributed by atoms with E-state index in [0.29, 0.717) is 25.8 Å². The van der Waals surface area contributed by atoms with Crippen LogP contribution in [-0.4, -0.2) is 26.5 Å². The molecule has 0 bridgehead atoms. The predicted octanol–water partition coefficient (Wildman–Crippen LogP) is 2.16. The van der Waals surface area contributed by atoms with Crippen LogP contribution in [0.15, 0.2) is 24.3 Å². The summed E-state index contributed by atoms with van der Waals surface area (Å²) in [5.41, 5.74) is 6.54. The topological polar surface area (TPSA) is 60.2 Å². The van der Waals surface area contributed by atoms with Crippen LogP contribution in [0.1, 0.15) is 25.3 Å². The highest BCUT2D eigenvalue weighted by Crippen LogP contribution is 2.14. The van der Waals surface area contributed by atoms with Crippen LogP contribution in [0.4, 0.5) is 4.39 Å². The standard InChI is InChI=1S/C14H22FNO2S/c1-2-7-19(17,18)8-6-13(11-16)9-12-4-3-5-14(15)10-12/h3-5,10,13H,2,6-9,11,16H2,1H3. The van der Waals surface area contributed by atoms with Gasteiger partial charge in [-0.3, -0.25) is 0 Å². The van der Waals surface area contributed by atoms with Gasteiger partial charge in [-0.25, -0.2) is 12.8 Å². The van der Waals surface area contributed by atoms with E-state index in [2.05, 4.69) is 0 Å². The Balaban J connectivity index is 2.55. The van der Waals surface area contributed by atoms with E-state index in [9.17, 15) is 12.8 Å². The van der Waals surface area contributed by atoms with E-state index < -0.39 is 9.84 Å². The minimum absolute atomic E-state index is 0.0773. The number of nitrogens with two attached hydrogens (primary N) is 1. The lowest BCUT2D eigenvalue weighted by Crippen LogP contribution is -2.21. The fourth-order valence-electron chi connectivity index (χ4n) is 2.06. The molecule has 0 fully saturated rings. The summed E-state index contributed by atoms with van der Waals surface area (Å²) >= 11 is 0. The van der Waals surface area contributed by atoms with Crippen molar-refractivity contribution in [2.75, 3.05) is 18.1 Å². The van der Waals surface area contributed by atoms with E-state index in [4.69, 9.17) is 5.73 Å². The van der Waals surface area contributed by atoms with Gasteiger partial charge in [-0.2, -0.15) is 0 Å². The monoisotopic (exact) mass is 287 g/mol. The third kappa shape index (κ3) is 6.16. The molecule has 0 aliphatic rings. The van der Waals surface area contributed by atoms with Gasteiger partial charge in [0.15, 0.2) is 0 Å². The molecule has 1 aromatic carbocycles. The zero-order chi connectivity index (χ0) is 14.3. The largest absolute Gasteiger partial charge is 0.330 e. The van der Waals surface area contributed by atoms with Gasteiger partial charge in [0.05, 0.1) is 5.75 Å². The van der Waals surface area contributed by atoms with Gasteiger partial charge in [-0.15, -0.1) is 0 Å². The molecule has 0 heterocycles. The molecule has 0 saturated carbocycles. The molecule has 5 heteroatoms. The van der Waals surface area contributed by atoms with Crippen molar-refractivity contribution in [1.82, 2.24) is 0 Å². The predicted molar refractivity (Wildman–Crippen MR) is 76.2 cm³/mol. The first-order valence-corrected chi connectivity index (χ1v) is 8.44. The first kappa shape index (κ1) is 16.1. The third-order valence-electron chi connectivity index (χ3n) is 3.10. The number of benzene rings is 1. The first-order chi connectivity index (χ1) is 8.96. The number of hydrogen-bond acceptors (Lipinski definition) is 3. The Morgan fingerprint density at radius 2 is 2.05 bits per heavy atom. The van der Waals surface area contributed by atoms with Crippen LogP contribution in [0.2, 0.25) is 0 Å². The highest BCUT2D eigenvalue weighted by Gasteiger charge is 2.14. The molecule has 2 N–H and O–H groups in total.